The summed E-state index contributed by atoms with van der Waals surface area (Å²) in [6, 6.07) is 12.4. The van der Waals surface area contributed by atoms with Gasteiger partial charge in [0.25, 0.3) is 5.56 Å². The molecule has 2 aliphatic rings. The van der Waals surface area contributed by atoms with Crippen LogP contribution in [0, 0.1) is 0 Å². The molecular weight excluding hydrogens is 380 g/mol. The quantitative estimate of drug-likeness (QED) is 0.852. The Labute approximate surface area is 156 Å². The minimum absolute atomic E-state index is 0.102. The Bertz CT molecular complexity index is 793. The van der Waals surface area contributed by atoms with Gasteiger partial charge in [0.2, 0.25) is 0 Å². The van der Waals surface area contributed by atoms with Gasteiger partial charge in [0.15, 0.2) is 0 Å². The van der Waals surface area contributed by atoms with Crippen molar-refractivity contribution in [2.75, 3.05) is 5.32 Å². The molecule has 0 spiro atoms. The van der Waals surface area contributed by atoms with Gasteiger partial charge in [0, 0.05) is 31.7 Å². The summed E-state index contributed by atoms with van der Waals surface area (Å²) in [6.07, 6.45) is 6.51. The first-order chi connectivity index (χ1) is 12.1. The number of hydrogen-bond donors (Lipinski definition) is 1. The van der Waals surface area contributed by atoms with Crippen molar-refractivity contribution < 1.29 is 0 Å². The van der Waals surface area contributed by atoms with Crippen LogP contribution in [0.25, 0.3) is 0 Å². The Morgan fingerprint density at radius 3 is 2.56 bits per heavy atom. The topological polar surface area (TPSA) is 50.2 Å². The highest BCUT2D eigenvalue weighted by atomic mass is 79.9. The summed E-state index contributed by atoms with van der Waals surface area (Å²) in [5.74, 6) is 0. The van der Waals surface area contributed by atoms with E-state index in [0.29, 0.717) is 22.6 Å². The molecule has 3 heterocycles. The van der Waals surface area contributed by atoms with Crippen molar-refractivity contribution in [3.05, 3.63) is 56.9 Å². The summed E-state index contributed by atoms with van der Waals surface area (Å²) in [5, 5.41) is 7.68. The maximum atomic E-state index is 12.0. The van der Waals surface area contributed by atoms with Crippen molar-refractivity contribution in [2.24, 2.45) is 7.05 Å². The van der Waals surface area contributed by atoms with Gasteiger partial charge in [-0.25, -0.2) is 4.68 Å². The van der Waals surface area contributed by atoms with E-state index in [0.717, 1.165) is 25.1 Å². The van der Waals surface area contributed by atoms with E-state index in [-0.39, 0.29) is 5.56 Å². The largest absolute Gasteiger partial charge is 0.380 e. The van der Waals surface area contributed by atoms with Gasteiger partial charge in [-0.2, -0.15) is 5.10 Å². The van der Waals surface area contributed by atoms with E-state index < -0.39 is 0 Å². The second-order valence-electron chi connectivity index (χ2n) is 7.16. The van der Waals surface area contributed by atoms with E-state index in [1.807, 2.05) is 0 Å². The van der Waals surface area contributed by atoms with Crippen LogP contribution in [0.5, 0.6) is 0 Å². The molecule has 2 saturated heterocycles. The van der Waals surface area contributed by atoms with Gasteiger partial charge in [0.1, 0.15) is 4.47 Å². The molecule has 6 heteroatoms. The molecule has 0 amide bonds. The number of hydrogen-bond acceptors (Lipinski definition) is 4. The van der Waals surface area contributed by atoms with E-state index in [4.69, 9.17) is 0 Å². The molecule has 1 N–H and O–H groups in total. The van der Waals surface area contributed by atoms with Gasteiger partial charge < -0.3 is 5.32 Å². The highest BCUT2D eigenvalue weighted by molar-refractivity contribution is 9.10. The zero-order valence-corrected chi connectivity index (χ0v) is 15.9. The fraction of sp³-hybridized carbons (Fsp3) is 0.474. The van der Waals surface area contributed by atoms with Crippen LogP contribution >= 0.6 is 15.9 Å². The minimum atomic E-state index is -0.102. The maximum Gasteiger partial charge on any atom is 0.282 e. The number of aromatic nitrogens is 2. The number of benzene rings is 1. The molecule has 2 aromatic rings. The number of piperidine rings is 1. The monoisotopic (exact) mass is 402 g/mol. The molecule has 132 valence electrons. The normalized spacial score (nSPS) is 25.9. The van der Waals surface area contributed by atoms with Crippen molar-refractivity contribution >= 4 is 21.6 Å². The van der Waals surface area contributed by atoms with E-state index in [1.165, 1.54) is 23.1 Å². The summed E-state index contributed by atoms with van der Waals surface area (Å²) in [4.78, 5) is 14.7. The molecule has 5 nitrogen and oxygen atoms in total. The molecule has 4 rings (SSSR count). The Balaban J connectivity index is 1.45. The predicted molar refractivity (Wildman–Crippen MR) is 103 cm³/mol. The highest BCUT2D eigenvalue weighted by Crippen LogP contribution is 2.38. The van der Waals surface area contributed by atoms with Crippen molar-refractivity contribution in [1.29, 1.82) is 0 Å². The second kappa shape index (κ2) is 6.92. The molecule has 1 aromatic carbocycles. The lowest BCUT2D eigenvalue weighted by Gasteiger charge is -2.39. The standard InChI is InChI=1S/C19H23BrN4O/c1-23-19(25)18(20)17(11-21-23)22-14-9-15-7-8-16(10-14)24(15)12-13-5-3-2-4-6-13/h2-6,11,14-16,22H,7-10,12H2,1H3. The van der Waals surface area contributed by atoms with E-state index in [2.05, 4.69) is 61.6 Å². The van der Waals surface area contributed by atoms with Crippen LogP contribution in [0.2, 0.25) is 0 Å². The van der Waals surface area contributed by atoms with Crippen molar-refractivity contribution in [3.8, 4) is 0 Å². The lowest BCUT2D eigenvalue weighted by molar-refractivity contribution is 0.124. The van der Waals surface area contributed by atoms with Gasteiger partial charge in [-0.15, -0.1) is 0 Å². The molecule has 25 heavy (non-hydrogen) atoms. The van der Waals surface area contributed by atoms with Gasteiger partial charge >= 0.3 is 0 Å². The molecule has 2 aliphatic heterocycles. The van der Waals surface area contributed by atoms with Crippen molar-refractivity contribution in [3.63, 3.8) is 0 Å². The minimum Gasteiger partial charge on any atom is -0.380 e. The molecule has 0 aliphatic carbocycles. The molecule has 0 radical (unpaired) electrons. The van der Waals surface area contributed by atoms with Crippen LogP contribution in [0.4, 0.5) is 5.69 Å². The third-order valence-electron chi connectivity index (χ3n) is 5.53. The molecular formula is C19H23BrN4O. The van der Waals surface area contributed by atoms with E-state index >= 15 is 0 Å². The lowest BCUT2D eigenvalue weighted by Crippen LogP contribution is -2.46. The number of nitrogens with one attached hydrogen (secondary N) is 1. The van der Waals surface area contributed by atoms with Crippen molar-refractivity contribution in [2.45, 2.75) is 50.4 Å². The zero-order chi connectivity index (χ0) is 17.4. The third kappa shape index (κ3) is 3.37. The summed E-state index contributed by atoms with van der Waals surface area (Å²) >= 11 is 3.41. The fourth-order valence-corrected chi connectivity index (χ4v) is 4.75. The highest BCUT2D eigenvalue weighted by Gasteiger charge is 2.40. The van der Waals surface area contributed by atoms with Crippen LogP contribution in [-0.4, -0.2) is 32.8 Å². The average Bonchev–Trinajstić information content (AvgIpc) is 2.85. The van der Waals surface area contributed by atoms with Crippen molar-refractivity contribution in [1.82, 2.24) is 14.7 Å². The zero-order valence-electron chi connectivity index (χ0n) is 14.4. The van der Waals surface area contributed by atoms with Gasteiger partial charge in [0.05, 0.1) is 11.9 Å². The van der Waals surface area contributed by atoms with Crippen LogP contribution in [-0.2, 0) is 13.6 Å². The predicted octanol–water partition coefficient (Wildman–Crippen LogP) is 3.15. The smallest absolute Gasteiger partial charge is 0.282 e. The first kappa shape index (κ1) is 16.8. The number of halogens is 1. The summed E-state index contributed by atoms with van der Waals surface area (Å²) in [6.45, 7) is 1.04. The third-order valence-corrected chi connectivity index (χ3v) is 6.30. The SMILES string of the molecule is Cn1ncc(NC2CC3CCC(C2)N3Cc2ccccc2)c(Br)c1=O. The summed E-state index contributed by atoms with van der Waals surface area (Å²) < 4.78 is 1.92. The Morgan fingerprint density at radius 1 is 1.20 bits per heavy atom. The Hall–Kier alpha value is -1.66. The molecule has 0 saturated carbocycles. The first-order valence-electron chi connectivity index (χ1n) is 8.90. The van der Waals surface area contributed by atoms with E-state index in [1.54, 1.807) is 13.2 Å². The average molecular weight is 403 g/mol. The molecule has 2 bridgehead atoms. The lowest BCUT2D eigenvalue weighted by atomic mass is 9.96. The molecule has 1 aromatic heterocycles. The van der Waals surface area contributed by atoms with Gasteiger partial charge in [-0.1, -0.05) is 30.3 Å². The van der Waals surface area contributed by atoms with Crippen LogP contribution in [0.3, 0.4) is 0 Å². The van der Waals surface area contributed by atoms with Gasteiger partial charge in [-0.3, -0.25) is 9.69 Å². The Morgan fingerprint density at radius 2 is 1.88 bits per heavy atom. The van der Waals surface area contributed by atoms with Gasteiger partial charge in [-0.05, 0) is 47.2 Å². The summed E-state index contributed by atoms with van der Waals surface area (Å²) in [7, 11) is 1.67. The van der Waals surface area contributed by atoms with Crippen LogP contribution in [0.1, 0.15) is 31.2 Å². The molecule has 2 atom stereocenters. The van der Waals surface area contributed by atoms with E-state index in [9.17, 15) is 4.79 Å². The maximum absolute atomic E-state index is 12.0. The van der Waals surface area contributed by atoms with Crippen LogP contribution in [0.15, 0.2) is 45.8 Å². The number of fused-ring (bicyclic) bond motifs is 2. The first-order valence-corrected chi connectivity index (χ1v) is 9.69. The molecule has 2 unspecified atom stereocenters. The summed E-state index contributed by atoms with van der Waals surface area (Å²) in [5.41, 5.74) is 2.10. The number of anilines is 1. The number of aryl methyl sites for hydroxylation is 1. The second-order valence-corrected chi connectivity index (χ2v) is 7.95. The Kier molecular flexibility index (Phi) is 4.65. The van der Waals surface area contributed by atoms with Crippen LogP contribution < -0.4 is 10.9 Å². The number of rotatable bonds is 4. The number of nitrogens with zero attached hydrogens (tertiary/aromatic N) is 3. The molecule has 2 fully saturated rings. The fourth-order valence-electron chi connectivity index (χ4n) is 4.28.